The van der Waals surface area contributed by atoms with Crippen molar-refractivity contribution in [3.63, 3.8) is 0 Å². The first-order valence-electron chi connectivity index (χ1n) is 6.38. The maximum Gasteiger partial charge on any atom is 0.189 e. The van der Waals surface area contributed by atoms with E-state index in [0.29, 0.717) is 17.9 Å². The van der Waals surface area contributed by atoms with Crippen LogP contribution in [0, 0.1) is 17.7 Å². The largest absolute Gasteiger partial charge is 0.467 e. The van der Waals surface area contributed by atoms with Crippen molar-refractivity contribution in [3.8, 4) is 17.6 Å². The smallest absolute Gasteiger partial charge is 0.189 e. The second kappa shape index (κ2) is 8.31. The molecule has 0 heterocycles. The zero-order valence-corrected chi connectivity index (χ0v) is 12.1. The molecule has 0 N–H and O–H groups in total. The molecule has 2 nitrogen and oxygen atoms in total. The van der Waals surface area contributed by atoms with E-state index in [0.717, 1.165) is 5.56 Å². The fraction of sp³-hybridized carbons (Fsp3) is 0.176. The van der Waals surface area contributed by atoms with Crippen LogP contribution in [0.4, 0.5) is 4.39 Å². The summed E-state index contributed by atoms with van der Waals surface area (Å²) in [6.07, 6.45) is 0. The molecule has 0 saturated carbocycles. The van der Waals surface area contributed by atoms with Gasteiger partial charge in [-0.25, -0.2) is 4.39 Å². The van der Waals surface area contributed by atoms with Crippen LogP contribution in [-0.4, -0.2) is 12.7 Å². The van der Waals surface area contributed by atoms with Crippen molar-refractivity contribution in [2.75, 3.05) is 12.7 Å². The quantitative estimate of drug-likeness (QED) is 0.360. The molecule has 2 aromatic carbocycles. The molecule has 0 aliphatic carbocycles. The second-order valence-corrected chi connectivity index (χ2v) is 4.47. The van der Waals surface area contributed by atoms with Crippen molar-refractivity contribution in [1.82, 2.24) is 0 Å². The second-order valence-electron chi connectivity index (χ2n) is 4.21. The highest BCUT2D eigenvalue weighted by Crippen LogP contribution is 2.16. The number of ether oxygens (including phenoxy) is 2. The Labute approximate surface area is 128 Å². The van der Waals surface area contributed by atoms with Crippen LogP contribution in [0.3, 0.4) is 0 Å². The molecular weight excluding hydrogens is 291 g/mol. The minimum atomic E-state index is -0.408. The SMILES string of the molecule is Fc1cc(C#CCCl)cc(OCOCc2ccccc2)c1. The summed E-state index contributed by atoms with van der Waals surface area (Å²) in [7, 11) is 0. The molecule has 0 aromatic heterocycles. The average Bonchev–Trinajstić information content (AvgIpc) is 2.50. The van der Waals surface area contributed by atoms with Gasteiger partial charge in [0.05, 0.1) is 12.5 Å². The molecule has 0 aliphatic rings. The minimum Gasteiger partial charge on any atom is -0.467 e. The third kappa shape index (κ3) is 5.47. The molecule has 0 spiro atoms. The van der Waals surface area contributed by atoms with Crippen molar-refractivity contribution in [3.05, 3.63) is 65.5 Å². The fourth-order valence-corrected chi connectivity index (χ4v) is 1.76. The monoisotopic (exact) mass is 304 g/mol. The first-order chi connectivity index (χ1) is 10.3. The van der Waals surface area contributed by atoms with Gasteiger partial charge in [0, 0.05) is 11.6 Å². The Bertz CT molecular complexity index is 632. The van der Waals surface area contributed by atoms with Crippen LogP contribution in [-0.2, 0) is 11.3 Å². The van der Waals surface area contributed by atoms with Crippen LogP contribution >= 0.6 is 11.6 Å². The first-order valence-corrected chi connectivity index (χ1v) is 6.91. The lowest BCUT2D eigenvalue weighted by molar-refractivity contribution is 0.00489. The van der Waals surface area contributed by atoms with Gasteiger partial charge in [0.25, 0.3) is 0 Å². The molecule has 0 amide bonds. The molecule has 0 atom stereocenters. The van der Waals surface area contributed by atoms with Gasteiger partial charge in [0.1, 0.15) is 11.6 Å². The Morgan fingerprint density at radius 3 is 2.67 bits per heavy atom. The summed E-state index contributed by atoms with van der Waals surface area (Å²) in [6.45, 7) is 0.482. The summed E-state index contributed by atoms with van der Waals surface area (Å²) < 4.78 is 24.2. The number of rotatable bonds is 5. The topological polar surface area (TPSA) is 18.5 Å². The zero-order chi connectivity index (χ0) is 14.9. The summed E-state index contributed by atoms with van der Waals surface area (Å²) in [5.74, 6) is 5.59. The van der Waals surface area contributed by atoms with Gasteiger partial charge in [-0.05, 0) is 17.7 Å². The zero-order valence-electron chi connectivity index (χ0n) is 11.3. The Kier molecular flexibility index (Phi) is 6.08. The molecule has 0 aliphatic heterocycles. The van der Waals surface area contributed by atoms with E-state index in [-0.39, 0.29) is 12.7 Å². The van der Waals surface area contributed by atoms with E-state index in [9.17, 15) is 4.39 Å². The lowest BCUT2D eigenvalue weighted by Crippen LogP contribution is -2.03. The fourth-order valence-electron chi connectivity index (χ4n) is 1.70. The van der Waals surface area contributed by atoms with E-state index in [2.05, 4.69) is 11.8 Å². The van der Waals surface area contributed by atoms with Gasteiger partial charge >= 0.3 is 0 Å². The minimum absolute atomic E-state index is 0.0424. The standard InChI is InChI=1S/C17H14ClFO2/c18-8-4-7-15-9-16(19)11-17(10-15)21-13-20-12-14-5-2-1-3-6-14/h1-3,5-6,9-11H,8,12-13H2. The van der Waals surface area contributed by atoms with Crippen LogP contribution in [0.2, 0.25) is 0 Å². The third-order valence-electron chi connectivity index (χ3n) is 2.59. The highest BCUT2D eigenvalue weighted by Gasteiger charge is 2.01. The predicted octanol–water partition coefficient (Wildman–Crippen LogP) is 3.97. The molecule has 2 rings (SSSR count). The van der Waals surface area contributed by atoms with Crippen LogP contribution in [0.25, 0.3) is 0 Å². The number of benzene rings is 2. The van der Waals surface area contributed by atoms with Crippen LogP contribution in [0.5, 0.6) is 5.75 Å². The molecule has 0 saturated heterocycles. The normalized spacial score (nSPS) is 9.81. The van der Waals surface area contributed by atoms with Gasteiger partial charge in [-0.2, -0.15) is 0 Å². The molecule has 0 fully saturated rings. The van der Waals surface area contributed by atoms with Gasteiger partial charge in [-0.1, -0.05) is 42.2 Å². The summed E-state index contributed by atoms with van der Waals surface area (Å²) in [5, 5.41) is 0. The average molecular weight is 305 g/mol. The van der Waals surface area contributed by atoms with E-state index in [1.807, 2.05) is 30.3 Å². The van der Waals surface area contributed by atoms with E-state index in [1.165, 1.54) is 12.1 Å². The van der Waals surface area contributed by atoms with Crippen molar-refractivity contribution in [1.29, 1.82) is 0 Å². The molecule has 0 unspecified atom stereocenters. The third-order valence-corrected chi connectivity index (χ3v) is 2.72. The molecule has 108 valence electrons. The van der Waals surface area contributed by atoms with E-state index in [1.54, 1.807) is 6.07 Å². The van der Waals surface area contributed by atoms with Crippen molar-refractivity contribution in [2.45, 2.75) is 6.61 Å². The van der Waals surface area contributed by atoms with E-state index in [4.69, 9.17) is 21.1 Å². The summed E-state index contributed by atoms with van der Waals surface area (Å²) in [5.41, 5.74) is 1.57. The molecule has 0 bridgehead atoms. The maximum absolute atomic E-state index is 13.4. The summed E-state index contributed by atoms with van der Waals surface area (Å²) in [6, 6.07) is 14.0. The lowest BCUT2D eigenvalue weighted by atomic mass is 10.2. The molecular formula is C17H14ClFO2. The highest BCUT2D eigenvalue weighted by atomic mass is 35.5. The number of alkyl halides is 1. The Hall–Kier alpha value is -2.02. The maximum atomic E-state index is 13.4. The Morgan fingerprint density at radius 1 is 1.10 bits per heavy atom. The van der Waals surface area contributed by atoms with Crippen LogP contribution < -0.4 is 4.74 Å². The van der Waals surface area contributed by atoms with E-state index < -0.39 is 5.82 Å². The van der Waals surface area contributed by atoms with Crippen LogP contribution in [0.1, 0.15) is 11.1 Å². The van der Waals surface area contributed by atoms with Gasteiger partial charge in [0.15, 0.2) is 6.79 Å². The Balaban J connectivity index is 1.86. The number of hydrogen-bond acceptors (Lipinski definition) is 2. The van der Waals surface area contributed by atoms with Gasteiger partial charge in [-0.3, -0.25) is 0 Å². The van der Waals surface area contributed by atoms with E-state index >= 15 is 0 Å². The van der Waals surface area contributed by atoms with Gasteiger partial charge in [0.2, 0.25) is 0 Å². The molecule has 4 heteroatoms. The van der Waals surface area contributed by atoms with Gasteiger partial charge < -0.3 is 9.47 Å². The highest BCUT2D eigenvalue weighted by molar-refractivity contribution is 6.19. The van der Waals surface area contributed by atoms with Crippen molar-refractivity contribution < 1.29 is 13.9 Å². The lowest BCUT2D eigenvalue weighted by Gasteiger charge is -2.08. The first kappa shape index (κ1) is 15.4. The summed E-state index contributed by atoms with van der Waals surface area (Å²) >= 11 is 5.47. The van der Waals surface area contributed by atoms with Gasteiger partial charge in [-0.15, -0.1) is 11.6 Å². The predicted molar refractivity (Wildman–Crippen MR) is 80.7 cm³/mol. The van der Waals surface area contributed by atoms with Crippen LogP contribution in [0.15, 0.2) is 48.5 Å². The molecule has 21 heavy (non-hydrogen) atoms. The van der Waals surface area contributed by atoms with Crippen molar-refractivity contribution >= 4 is 11.6 Å². The molecule has 0 radical (unpaired) electrons. The number of halogens is 2. The number of hydrogen-bond donors (Lipinski definition) is 0. The van der Waals surface area contributed by atoms with Crippen molar-refractivity contribution in [2.24, 2.45) is 0 Å². The summed E-state index contributed by atoms with van der Waals surface area (Å²) in [4.78, 5) is 0. The Morgan fingerprint density at radius 2 is 1.90 bits per heavy atom. The molecule has 2 aromatic rings.